The number of carbonyl (C=O) groups is 1. The standard InChI is InChI=1S/C15H23N3O2/c1-9(2)18-7-10(3)13(8-18)16-15(19)12-6-14(20-17-12)11-4-5-11/h6,9-11,13H,4-5,7-8H2,1-3H3,(H,16,19)/t10-,13+/m1/s1. The third-order valence-corrected chi connectivity index (χ3v) is 4.43. The molecule has 0 unspecified atom stereocenters. The summed E-state index contributed by atoms with van der Waals surface area (Å²) in [5.41, 5.74) is 0.419. The van der Waals surface area contributed by atoms with Gasteiger partial charge in [-0.15, -0.1) is 0 Å². The molecule has 0 aromatic carbocycles. The minimum absolute atomic E-state index is 0.108. The van der Waals surface area contributed by atoms with Crippen molar-refractivity contribution in [2.45, 2.75) is 51.6 Å². The lowest BCUT2D eigenvalue weighted by molar-refractivity contribution is 0.0921. The molecule has 1 amide bonds. The minimum atomic E-state index is -0.108. The predicted octanol–water partition coefficient (Wildman–Crippen LogP) is 2.01. The Balaban J connectivity index is 1.60. The number of hydrogen-bond donors (Lipinski definition) is 1. The molecule has 0 spiro atoms. The fourth-order valence-corrected chi connectivity index (χ4v) is 2.81. The van der Waals surface area contributed by atoms with Gasteiger partial charge >= 0.3 is 0 Å². The van der Waals surface area contributed by atoms with E-state index in [2.05, 4.69) is 36.1 Å². The zero-order valence-electron chi connectivity index (χ0n) is 12.4. The molecule has 1 aromatic rings. The van der Waals surface area contributed by atoms with E-state index in [4.69, 9.17) is 4.52 Å². The van der Waals surface area contributed by atoms with Gasteiger partial charge in [0.1, 0.15) is 5.76 Å². The van der Waals surface area contributed by atoms with Crippen molar-refractivity contribution in [3.05, 3.63) is 17.5 Å². The Morgan fingerprint density at radius 3 is 2.80 bits per heavy atom. The molecule has 0 bridgehead atoms. The highest BCUT2D eigenvalue weighted by Gasteiger charge is 2.33. The zero-order chi connectivity index (χ0) is 14.3. The van der Waals surface area contributed by atoms with E-state index in [-0.39, 0.29) is 11.9 Å². The van der Waals surface area contributed by atoms with Crippen LogP contribution < -0.4 is 5.32 Å². The summed E-state index contributed by atoms with van der Waals surface area (Å²) < 4.78 is 5.24. The first-order valence-electron chi connectivity index (χ1n) is 7.56. The number of aromatic nitrogens is 1. The molecule has 1 aromatic heterocycles. The van der Waals surface area contributed by atoms with E-state index >= 15 is 0 Å². The molecular weight excluding hydrogens is 254 g/mol. The van der Waals surface area contributed by atoms with Crippen molar-refractivity contribution >= 4 is 5.91 Å². The van der Waals surface area contributed by atoms with Gasteiger partial charge in [0.05, 0.1) is 0 Å². The van der Waals surface area contributed by atoms with E-state index in [9.17, 15) is 4.79 Å². The van der Waals surface area contributed by atoms with Gasteiger partial charge in [0.2, 0.25) is 0 Å². The second-order valence-electron chi connectivity index (χ2n) is 6.49. The first kappa shape index (κ1) is 13.6. The average molecular weight is 277 g/mol. The Bertz CT molecular complexity index is 493. The van der Waals surface area contributed by atoms with E-state index in [1.54, 1.807) is 6.07 Å². The van der Waals surface area contributed by atoms with Gasteiger partial charge in [0, 0.05) is 37.2 Å². The summed E-state index contributed by atoms with van der Waals surface area (Å²) in [4.78, 5) is 14.6. The second-order valence-corrected chi connectivity index (χ2v) is 6.49. The molecule has 2 atom stereocenters. The number of likely N-dealkylation sites (tertiary alicyclic amines) is 1. The van der Waals surface area contributed by atoms with Crippen LogP contribution in [0.4, 0.5) is 0 Å². The fourth-order valence-electron chi connectivity index (χ4n) is 2.81. The number of carbonyl (C=O) groups excluding carboxylic acids is 1. The van der Waals surface area contributed by atoms with Gasteiger partial charge in [-0.1, -0.05) is 12.1 Å². The van der Waals surface area contributed by atoms with Crippen molar-refractivity contribution < 1.29 is 9.32 Å². The lowest BCUT2D eigenvalue weighted by atomic mass is 10.1. The van der Waals surface area contributed by atoms with Gasteiger partial charge in [-0.25, -0.2) is 0 Å². The van der Waals surface area contributed by atoms with Crippen LogP contribution in [0.1, 0.15) is 55.8 Å². The highest BCUT2D eigenvalue weighted by atomic mass is 16.5. The highest BCUT2D eigenvalue weighted by Crippen LogP contribution is 2.40. The van der Waals surface area contributed by atoms with Crippen molar-refractivity contribution in [1.29, 1.82) is 0 Å². The Morgan fingerprint density at radius 2 is 2.20 bits per heavy atom. The molecular formula is C15H23N3O2. The van der Waals surface area contributed by atoms with Gasteiger partial charge < -0.3 is 9.84 Å². The first-order chi connectivity index (χ1) is 9.54. The molecule has 1 saturated heterocycles. The maximum Gasteiger partial charge on any atom is 0.273 e. The quantitative estimate of drug-likeness (QED) is 0.914. The minimum Gasteiger partial charge on any atom is -0.360 e. The highest BCUT2D eigenvalue weighted by molar-refractivity contribution is 5.92. The van der Waals surface area contributed by atoms with Crippen molar-refractivity contribution in [3.63, 3.8) is 0 Å². The van der Waals surface area contributed by atoms with Crippen LogP contribution in [0.5, 0.6) is 0 Å². The molecule has 1 N–H and O–H groups in total. The van der Waals surface area contributed by atoms with Gasteiger partial charge in [-0.3, -0.25) is 9.69 Å². The van der Waals surface area contributed by atoms with Crippen molar-refractivity contribution in [2.24, 2.45) is 5.92 Å². The molecule has 3 rings (SSSR count). The summed E-state index contributed by atoms with van der Waals surface area (Å²) in [6.45, 7) is 8.52. The topological polar surface area (TPSA) is 58.4 Å². The van der Waals surface area contributed by atoms with Crippen LogP contribution in [0.25, 0.3) is 0 Å². The summed E-state index contributed by atoms with van der Waals surface area (Å²) in [5, 5.41) is 7.00. The Hall–Kier alpha value is -1.36. The Labute approximate surface area is 119 Å². The van der Waals surface area contributed by atoms with E-state index in [0.29, 0.717) is 23.6 Å². The molecule has 1 aliphatic heterocycles. The SMILES string of the molecule is CC(C)N1C[C@@H](C)[C@@H](NC(=O)c2cc(C3CC3)on2)C1. The van der Waals surface area contributed by atoms with Gasteiger partial charge in [-0.05, 0) is 32.6 Å². The van der Waals surface area contributed by atoms with Crippen molar-refractivity contribution in [1.82, 2.24) is 15.4 Å². The van der Waals surface area contributed by atoms with Crippen LogP contribution in [0.2, 0.25) is 0 Å². The maximum absolute atomic E-state index is 12.2. The third-order valence-electron chi connectivity index (χ3n) is 4.43. The molecule has 2 fully saturated rings. The molecule has 5 heteroatoms. The van der Waals surface area contributed by atoms with Gasteiger partial charge in [-0.2, -0.15) is 0 Å². The van der Waals surface area contributed by atoms with Gasteiger partial charge in [0.15, 0.2) is 5.69 Å². The van der Waals surface area contributed by atoms with E-state index in [1.165, 1.54) is 0 Å². The molecule has 110 valence electrons. The van der Waals surface area contributed by atoms with Crippen LogP contribution in [-0.2, 0) is 0 Å². The number of nitrogens with zero attached hydrogens (tertiary/aromatic N) is 2. The predicted molar refractivity (Wildman–Crippen MR) is 75.6 cm³/mol. The second kappa shape index (κ2) is 5.20. The number of amides is 1. The van der Waals surface area contributed by atoms with Crippen molar-refractivity contribution in [3.8, 4) is 0 Å². The van der Waals surface area contributed by atoms with E-state index < -0.39 is 0 Å². The Morgan fingerprint density at radius 1 is 1.45 bits per heavy atom. The van der Waals surface area contributed by atoms with Crippen LogP contribution in [0.15, 0.2) is 10.6 Å². The molecule has 20 heavy (non-hydrogen) atoms. The maximum atomic E-state index is 12.2. The normalized spacial score (nSPS) is 27.2. The Kier molecular flexibility index (Phi) is 3.54. The van der Waals surface area contributed by atoms with Gasteiger partial charge in [0.25, 0.3) is 5.91 Å². The smallest absolute Gasteiger partial charge is 0.273 e. The largest absolute Gasteiger partial charge is 0.360 e. The summed E-state index contributed by atoms with van der Waals surface area (Å²) in [6, 6.07) is 2.52. The molecule has 0 radical (unpaired) electrons. The molecule has 2 aliphatic rings. The van der Waals surface area contributed by atoms with Crippen LogP contribution >= 0.6 is 0 Å². The van der Waals surface area contributed by atoms with Crippen molar-refractivity contribution in [2.75, 3.05) is 13.1 Å². The summed E-state index contributed by atoms with van der Waals surface area (Å²) in [7, 11) is 0. The molecule has 2 heterocycles. The van der Waals surface area contributed by atoms with E-state index in [0.717, 1.165) is 31.7 Å². The summed E-state index contributed by atoms with van der Waals surface area (Å²) >= 11 is 0. The summed E-state index contributed by atoms with van der Waals surface area (Å²) in [6.07, 6.45) is 2.30. The fraction of sp³-hybridized carbons (Fsp3) is 0.733. The monoisotopic (exact) mass is 277 g/mol. The molecule has 1 aliphatic carbocycles. The lowest BCUT2D eigenvalue weighted by Crippen LogP contribution is -2.40. The summed E-state index contributed by atoms with van der Waals surface area (Å²) in [5.74, 6) is 1.71. The zero-order valence-corrected chi connectivity index (χ0v) is 12.4. The first-order valence-corrected chi connectivity index (χ1v) is 7.56. The number of nitrogens with one attached hydrogen (secondary N) is 1. The third kappa shape index (κ3) is 2.73. The molecule has 5 nitrogen and oxygen atoms in total. The van der Waals surface area contributed by atoms with Crippen LogP contribution in [-0.4, -0.2) is 41.1 Å². The molecule has 1 saturated carbocycles. The average Bonchev–Trinajstić information content (AvgIpc) is 3.01. The van der Waals surface area contributed by atoms with Crippen LogP contribution in [0, 0.1) is 5.92 Å². The van der Waals surface area contributed by atoms with E-state index in [1.807, 2.05) is 0 Å². The number of hydrogen-bond acceptors (Lipinski definition) is 4. The van der Waals surface area contributed by atoms with Crippen LogP contribution in [0.3, 0.4) is 0 Å². The number of rotatable bonds is 4. The lowest BCUT2D eigenvalue weighted by Gasteiger charge is -2.20.